The smallest absolute Gasteiger partial charge is 0.137 e. The molecule has 0 atom stereocenters. The lowest BCUT2D eigenvalue weighted by Crippen LogP contribution is -2.08. The summed E-state index contributed by atoms with van der Waals surface area (Å²) in [5.74, 6) is 0.891. The monoisotopic (exact) mass is 181 g/mol. The molecule has 1 aliphatic rings. The van der Waals surface area contributed by atoms with E-state index in [1.54, 1.807) is 0 Å². The van der Waals surface area contributed by atoms with Gasteiger partial charge in [0.05, 0.1) is 11.3 Å². The van der Waals surface area contributed by atoms with Crippen molar-refractivity contribution in [1.29, 1.82) is 0 Å². The molecule has 0 aromatic carbocycles. The van der Waals surface area contributed by atoms with Gasteiger partial charge in [-0.25, -0.2) is 0 Å². The molecule has 1 saturated carbocycles. The summed E-state index contributed by atoms with van der Waals surface area (Å²) < 4.78 is 5.05. The minimum absolute atomic E-state index is 0.365. The molecule has 3 heteroatoms. The van der Waals surface area contributed by atoms with Gasteiger partial charge in [-0.15, -0.1) is 0 Å². The molecule has 0 aliphatic heterocycles. The maximum atomic E-state index is 9.66. The molecular weight excluding hydrogens is 166 g/mol. The molecule has 0 unspecified atom stereocenters. The largest absolute Gasteiger partial charge is 0.390 e. The summed E-state index contributed by atoms with van der Waals surface area (Å²) in [6.45, 7) is 3.87. The second-order valence-corrected chi connectivity index (χ2v) is 4.03. The van der Waals surface area contributed by atoms with Crippen LogP contribution in [-0.2, 0) is 6.42 Å². The van der Waals surface area contributed by atoms with Gasteiger partial charge in [-0.3, -0.25) is 0 Å². The Morgan fingerprint density at radius 1 is 1.46 bits per heavy atom. The Kier molecular flexibility index (Phi) is 1.91. The first-order chi connectivity index (χ1) is 6.11. The normalized spacial score (nSPS) is 19.0. The van der Waals surface area contributed by atoms with E-state index in [1.807, 2.05) is 13.8 Å². The third-order valence-electron chi connectivity index (χ3n) is 2.85. The highest BCUT2D eigenvalue weighted by molar-refractivity contribution is 5.21. The fraction of sp³-hybridized carbons (Fsp3) is 0.700. The van der Waals surface area contributed by atoms with Crippen molar-refractivity contribution < 1.29 is 9.63 Å². The van der Waals surface area contributed by atoms with Gasteiger partial charge >= 0.3 is 0 Å². The van der Waals surface area contributed by atoms with E-state index < -0.39 is 0 Å². The second-order valence-electron chi connectivity index (χ2n) is 4.03. The molecule has 0 spiro atoms. The molecule has 2 rings (SSSR count). The van der Waals surface area contributed by atoms with Crippen molar-refractivity contribution in [3.8, 4) is 0 Å². The summed E-state index contributed by atoms with van der Waals surface area (Å²) in [7, 11) is 0. The van der Waals surface area contributed by atoms with Crippen molar-refractivity contribution >= 4 is 0 Å². The first-order valence-electron chi connectivity index (χ1n) is 4.75. The molecule has 0 radical (unpaired) electrons. The number of aliphatic hydroxyl groups is 1. The maximum absolute atomic E-state index is 9.66. The van der Waals surface area contributed by atoms with Crippen molar-refractivity contribution in [3.63, 3.8) is 0 Å². The highest BCUT2D eigenvalue weighted by Gasteiger charge is 2.39. The van der Waals surface area contributed by atoms with E-state index in [4.69, 9.17) is 4.52 Å². The van der Waals surface area contributed by atoms with Crippen LogP contribution in [0.2, 0.25) is 0 Å². The van der Waals surface area contributed by atoms with Gasteiger partial charge in [-0.2, -0.15) is 0 Å². The van der Waals surface area contributed by atoms with Crippen LogP contribution in [0.25, 0.3) is 0 Å². The summed E-state index contributed by atoms with van der Waals surface area (Å²) in [6, 6.07) is 0. The average Bonchev–Trinajstić information content (AvgIpc) is 2.72. The molecule has 0 amide bonds. The zero-order valence-electron chi connectivity index (χ0n) is 8.13. The van der Waals surface area contributed by atoms with Crippen LogP contribution in [0.1, 0.15) is 36.3 Å². The number of rotatable bonds is 3. The van der Waals surface area contributed by atoms with Crippen LogP contribution in [-0.4, -0.2) is 15.9 Å². The fourth-order valence-electron chi connectivity index (χ4n) is 1.61. The van der Waals surface area contributed by atoms with Crippen molar-refractivity contribution in [1.82, 2.24) is 5.16 Å². The van der Waals surface area contributed by atoms with E-state index in [9.17, 15) is 5.11 Å². The third kappa shape index (κ3) is 1.75. The van der Waals surface area contributed by atoms with Crippen molar-refractivity contribution in [2.24, 2.45) is 0 Å². The zero-order chi connectivity index (χ0) is 9.47. The zero-order valence-corrected chi connectivity index (χ0v) is 8.13. The van der Waals surface area contributed by atoms with Crippen LogP contribution >= 0.6 is 0 Å². The Balaban J connectivity index is 2.00. The van der Waals surface area contributed by atoms with E-state index in [0.717, 1.165) is 37.1 Å². The number of aryl methyl sites for hydroxylation is 2. The maximum Gasteiger partial charge on any atom is 0.137 e. The molecule has 0 saturated heterocycles. The first-order valence-corrected chi connectivity index (χ1v) is 4.75. The molecule has 13 heavy (non-hydrogen) atoms. The number of hydrogen-bond acceptors (Lipinski definition) is 3. The molecule has 3 nitrogen and oxygen atoms in total. The Morgan fingerprint density at radius 3 is 2.62 bits per heavy atom. The summed E-state index contributed by atoms with van der Waals surface area (Å²) in [4.78, 5) is 0. The Labute approximate surface area is 77.7 Å². The Hall–Kier alpha value is -0.830. The van der Waals surface area contributed by atoms with Gasteiger partial charge in [0.25, 0.3) is 0 Å². The van der Waals surface area contributed by atoms with E-state index >= 15 is 0 Å². The van der Waals surface area contributed by atoms with E-state index in [1.165, 1.54) is 5.56 Å². The van der Waals surface area contributed by atoms with Crippen LogP contribution in [0.3, 0.4) is 0 Å². The van der Waals surface area contributed by atoms with Crippen LogP contribution < -0.4 is 0 Å². The number of nitrogens with zero attached hydrogens (tertiary/aromatic N) is 1. The van der Waals surface area contributed by atoms with Gasteiger partial charge in [0.15, 0.2) is 0 Å². The molecule has 1 aromatic heterocycles. The van der Waals surface area contributed by atoms with Gasteiger partial charge in [-0.1, -0.05) is 5.16 Å². The second kappa shape index (κ2) is 2.84. The summed E-state index contributed by atoms with van der Waals surface area (Å²) in [6.07, 6.45) is 3.64. The van der Waals surface area contributed by atoms with E-state index in [0.29, 0.717) is 0 Å². The predicted molar refractivity (Wildman–Crippen MR) is 48.5 cm³/mol. The number of aromatic nitrogens is 1. The first kappa shape index (κ1) is 8.75. The molecular formula is C10H15NO2. The lowest BCUT2D eigenvalue weighted by atomic mass is 10.0. The van der Waals surface area contributed by atoms with Gasteiger partial charge in [-0.05, 0) is 39.5 Å². The van der Waals surface area contributed by atoms with Gasteiger partial charge in [0.1, 0.15) is 5.76 Å². The molecule has 0 bridgehead atoms. The standard InChI is InChI=1S/C10H15NO2/c1-7-9(8(2)13-11-7)3-4-10(12)5-6-10/h12H,3-6H2,1-2H3. The van der Waals surface area contributed by atoms with Crippen molar-refractivity contribution in [2.75, 3.05) is 0 Å². The molecule has 1 N–H and O–H groups in total. The Morgan fingerprint density at radius 2 is 2.15 bits per heavy atom. The van der Waals surface area contributed by atoms with Gasteiger partial charge in [0, 0.05) is 5.56 Å². The molecule has 1 heterocycles. The molecule has 72 valence electrons. The topological polar surface area (TPSA) is 46.3 Å². The predicted octanol–water partition coefficient (Wildman–Crippen LogP) is 1.75. The van der Waals surface area contributed by atoms with Crippen molar-refractivity contribution in [3.05, 3.63) is 17.0 Å². The van der Waals surface area contributed by atoms with E-state index in [-0.39, 0.29) is 5.60 Å². The minimum Gasteiger partial charge on any atom is -0.390 e. The lowest BCUT2D eigenvalue weighted by molar-refractivity contribution is 0.140. The highest BCUT2D eigenvalue weighted by Crippen LogP contribution is 2.39. The minimum atomic E-state index is -0.365. The number of hydrogen-bond donors (Lipinski definition) is 1. The molecule has 1 fully saturated rings. The lowest BCUT2D eigenvalue weighted by Gasteiger charge is -2.05. The molecule has 1 aromatic rings. The van der Waals surface area contributed by atoms with Gasteiger partial charge in [0.2, 0.25) is 0 Å². The van der Waals surface area contributed by atoms with Crippen LogP contribution in [0.5, 0.6) is 0 Å². The summed E-state index contributed by atoms with van der Waals surface area (Å²) in [5, 5.41) is 13.5. The van der Waals surface area contributed by atoms with Crippen LogP contribution in [0, 0.1) is 13.8 Å². The quantitative estimate of drug-likeness (QED) is 0.772. The third-order valence-corrected chi connectivity index (χ3v) is 2.85. The highest BCUT2D eigenvalue weighted by atomic mass is 16.5. The van der Waals surface area contributed by atoms with Gasteiger partial charge < -0.3 is 9.63 Å². The summed E-state index contributed by atoms with van der Waals surface area (Å²) in [5.41, 5.74) is 1.76. The fourth-order valence-corrected chi connectivity index (χ4v) is 1.61. The van der Waals surface area contributed by atoms with Crippen LogP contribution in [0.15, 0.2) is 4.52 Å². The summed E-state index contributed by atoms with van der Waals surface area (Å²) >= 11 is 0. The Bertz CT molecular complexity index is 293. The average molecular weight is 181 g/mol. The van der Waals surface area contributed by atoms with Crippen LogP contribution in [0.4, 0.5) is 0 Å². The SMILES string of the molecule is Cc1noc(C)c1CCC1(O)CC1. The van der Waals surface area contributed by atoms with Crippen molar-refractivity contribution in [2.45, 2.75) is 45.1 Å². The molecule has 1 aliphatic carbocycles. The van der Waals surface area contributed by atoms with E-state index in [2.05, 4.69) is 5.16 Å².